The van der Waals surface area contributed by atoms with Crippen LogP contribution in [0.2, 0.25) is 0 Å². The monoisotopic (exact) mass is 524 g/mol. The van der Waals surface area contributed by atoms with Gasteiger partial charge in [0.2, 0.25) is 5.95 Å². The number of aromatic nitrogens is 2. The van der Waals surface area contributed by atoms with Gasteiger partial charge in [0.25, 0.3) is 5.91 Å². The molecule has 1 aliphatic heterocycles. The maximum absolute atomic E-state index is 13.2. The number of benzene rings is 3. The maximum atomic E-state index is 13.2. The molecule has 0 saturated carbocycles. The summed E-state index contributed by atoms with van der Waals surface area (Å²) in [6.07, 6.45) is 0.295. The number of nitrogens with zero attached hydrogens (tertiary/aromatic N) is 4. The first-order valence-corrected chi connectivity index (χ1v) is 12.9. The van der Waals surface area contributed by atoms with E-state index in [0.717, 1.165) is 54.1 Å². The number of likely N-dealkylation sites (N-methyl/N-ethyl adjacent to an activating group) is 1. The van der Waals surface area contributed by atoms with Crippen molar-refractivity contribution in [3.05, 3.63) is 83.9 Å². The zero-order valence-electron chi connectivity index (χ0n) is 22.1. The molecule has 3 N–H and O–H groups in total. The van der Waals surface area contributed by atoms with Crippen molar-refractivity contribution in [1.82, 2.24) is 20.2 Å². The van der Waals surface area contributed by atoms with E-state index in [1.54, 1.807) is 12.1 Å². The molecule has 39 heavy (non-hydrogen) atoms. The Bertz CT molecular complexity index is 1470. The third-order valence-electron chi connectivity index (χ3n) is 7.05. The van der Waals surface area contributed by atoms with Gasteiger partial charge < -0.3 is 25.6 Å². The van der Waals surface area contributed by atoms with E-state index in [9.17, 15) is 9.59 Å². The molecule has 0 spiro atoms. The highest BCUT2D eigenvalue weighted by Crippen LogP contribution is 2.27. The molecule has 1 atom stereocenters. The van der Waals surface area contributed by atoms with Crippen LogP contribution in [-0.2, 0) is 16.0 Å². The van der Waals surface area contributed by atoms with Crippen LogP contribution in [0.4, 0.5) is 11.8 Å². The molecule has 1 saturated heterocycles. The SMILES string of the molecule is COC(=O)[C@H](Cc1ccc(-c2ccccc2)cc1)NC(=O)c1ccc2c(N3CCN(C)CC3)nc(N)nc2c1. The van der Waals surface area contributed by atoms with Gasteiger partial charge in [0.1, 0.15) is 11.9 Å². The summed E-state index contributed by atoms with van der Waals surface area (Å²) in [6, 6.07) is 22.4. The maximum Gasteiger partial charge on any atom is 0.328 e. The van der Waals surface area contributed by atoms with Gasteiger partial charge in [0.15, 0.2) is 0 Å². The number of methoxy groups -OCH3 is 1. The zero-order chi connectivity index (χ0) is 27.4. The number of nitrogens with two attached hydrogens (primary N) is 1. The molecule has 0 aliphatic carbocycles. The number of anilines is 2. The molecule has 1 aliphatic rings. The van der Waals surface area contributed by atoms with Gasteiger partial charge in [-0.1, -0.05) is 54.6 Å². The van der Waals surface area contributed by atoms with Crippen molar-refractivity contribution in [2.24, 2.45) is 0 Å². The molecular weight excluding hydrogens is 492 g/mol. The summed E-state index contributed by atoms with van der Waals surface area (Å²) < 4.78 is 4.99. The number of rotatable bonds is 7. The molecule has 0 bridgehead atoms. The molecule has 9 heteroatoms. The van der Waals surface area contributed by atoms with Crippen molar-refractivity contribution in [2.45, 2.75) is 12.5 Å². The quantitative estimate of drug-likeness (QED) is 0.355. The number of piperazine rings is 1. The summed E-state index contributed by atoms with van der Waals surface area (Å²) >= 11 is 0. The highest BCUT2D eigenvalue weighted by Gasteiger charge is 2.24. The van der Waals surface area contributed by atoms with Crippen LogP contribution in [0.15, 0.2) is 72.8 Å². The molecule has 1 amide bonds. The fraction of sp³-hybridized carbons (Fsp3) is 0.267. The highest BCUT2D eigenvalue weighted by atomic mass is 16.5. The van der Waals surface area contributed by atoms with Gasteiger partial charge in [0.05, 0.1) is 12.6 Å². The normalized spacial score (nSPS) is 14.7. The summed E-state index contributed by atoms with van der Waals surface area (Å²) in [5.74, 6) is 0.0102. The molecular formula is C30H32N6O3. The Morgan fingerprint density at radius 2 is 1.64 bits per heavy atom. The number of hydrogen-bond donors (Lipinski definition) is 2. The number of nitrogen functional groups attached to an aromatic ring is 1. The van der Waals surface area contributed by atoms with Crippen molar-refractivity contribution >= 4 is 34.5 Å². The summed E-state index contributed by atoms with van der Waals surface area (Å²) in [5, 5.41) is 3.66. The zero-order valence-corrected chi connectivity index (χ0v) is 22.1. The highest BCUT2D eigenvalue weighted by molar-refractivity contribution is 6.01. The summed E-state index contributed by atoms with van der Waals surface area (Å²) in [4.78, 5) is 39.2. The second kappa shape index (κ2) is 11.5. The van der Waals surface area contributed by atoms with Crippen LogP contribution >= 0.6 is 0 Å². The molecule has 3 aromatic carbocycles. The predicted molar refractivity (Wildman–Crippen MR) is 153 cm³/mol. The van der Waals surface area contributed by atoms with Crippen LogP contribution in [0.25, 0.3) is 22.0 Å². The minimum Gasteiger partial charge on any atom is -0.467 e. The summed E-state index contributed by atoms with van der Waals surface area (Å²) in [7, 11) is 3.41. The Kier molecular flexibility index (Phi) is 7.69. The van der Waals surface area contributed by atoms with Gasteiger partial charge in [0, 0.05) is 43.5 Å². The number of hydrogen-bond acceptors (Lipinski definition) is 8. The Balaban J connectivity index is 1.34. The van der Waals surface area contributed by atoms with E-state index in [1.807, 2.05) is 60.7 Å². The van der Waals surface area contributed by atoms with Crippen molar-refractivity contribution in [3.63, 3.8) is 0 Å². The van der Waals surface area contributed by atoms with Crippen LogP contribution in [0, 0.1) is 0 Å². The minimum absolute atomic E-state index is 0.153. The molecule has 1 fully saturated rings. The standard InChI is InChI=1S/C30H32N6O3/c1-35-14-16-36(17-15-35)27-24-13-12-23(19-25(24)33-30(31)34-27)28(37)32-26(29(38)39-2)18-20-8-10-22(11-9-20)21-6-4-3-5-7-21/h3-13,19,26H,14-18H2,1-2H3,(H,32,37)(H2,31,33,34)/t26-/m0/s1. The smallest absolute Gasteiger partial charge is 0.328 e. The van der Waals surface area contributed by atoms with E-state index in [1.165, 1.54) is 7.11 Å². The Morgan fingerprint density at radius 3 is 2.33 bits per heavy atom. The third kappa shape index (κ3) is 5.99. The molecule has 9 nitrogen and oxygen atoms in total. The summed E-state index contributed by atoms with van der Waals surface area (Å²) in [6.45, 7) is 3.51. The lowest BCUT2D eigenvalue weighted by atomic mass is 10.0. The lowest BCUT2D eigenvalue weighted by Crippen LogP contribution is -2.45. The van der Waals surface area contributed by atoms with Crippen molar-refractivity contribution in [3.8, 4) is 11.1 Å². The third-order valence-corrected chi connectivity index (χ3v) is 7.05. The fourth-order valence-corrected chi connectivity index (χ4v) is 4.81. The van der Waals surface area contributed by atoms with Crippen molar-refractivity contribution in [1.29, 1.82) is 0 Å². The molecule has 0 radical (unpaired) electrons. The fourth-order valence-electron chi connectivity index (χ4n) is 4.81. The number of amides is 1. The lowest BCUT2D eigenvalue weighted by molar-refractivity contribution is -0.142. The van der Waals surface area contributed by atoms with E-state index in [0.29, 0.717) is 17.5 Å². The van der Waals surface area contributed by atoms with Crippen LogP contribution < -0.4 is 16.0 Å². The van der Waals surface area contributed by atoms with Crippen LogP contribution in [0.5, 0.6) is 0 Å². The number of nitrogens with one attached hydrogen (secondary N) is 1. The van der Waals surface area contributed by atoms with E-state index in [4.69, 9.17) is 10.5 Å². The van der Waals surface area contributed by atoms with E-state index >= 15 is 0 Å². The van der Waals surface area contributed by atoms with Gasteiger partial charge in [-0.25, -0.2) is 9.78 Å². The predicted octanol–water partition coefficient (Wildman–Crippen LogP) is 3.14. The molecule has 5 rings (SSSR count). The molecule has 4 aromatic rings. The van der Waals surface area contributed by atoms with Gasteiger partial charge in [-0.3, -0.25) is 4.79 Å². The van der Waals surface area contributed by atoms with E-state index < -0.39 is 17.9 Å². The average molecular weight is 525 g/mol. The summed E-state index contributed by atoms with van der Waals surface area (Å²) in [5.41, 5.74) is 10.1. The number of esters is 1. The van der Waals surface area contributed by atoms with Crippen molar-refractivity contribution < 1.29 is 14.3 Å². The number of carbonyl (C=O) groups is 2. The van der Waals surface area contributed by atoms with Gasteiger partial charge >= 0.3 is 5.97 Å². The number of ether oxygens (including phenoxy) is 1. The number of fused-ring (bicyclic) bond motifs is 1. The first-order valence-electron chi connectivity index (χ1n) is 12.9. The van der Waals surface area contributed by atoms with Crippen LogP contribution in [0.3, 0.4) is 0 Å². The molecule has 0 unspecified atom stereocenters. The topological polar surface area (TPSA) is 114 Å². The molecule has 1 aromatic heterocycles. The van der Waals surface area contributed by atoms with Crippen LogP contribution in [0.1, 0.15) is 15.9 Å². The van der Waals surface area contributed by atoms with Crippen LogP contribution in [-0.4, -0.2) is 73.1 Å². The van der Waals surface area contributed by atoms with E-state index in [2.05, 4.69) is 32.1 Å². The first-order chi connectivity index (χ1) is 18.9. The van der Waals surface area contributed by atoms with Gasteiger partial charge in [-0.05, 0) is 41.9 Å². The molecule has 2 heterocycles. The Hall–Kier alpha value is -4.50. The lowest BCUT2D eigenvalue weighted by Gasteiger charge is -2.33. The molecule has 200 valence electrons. The Labute approximate surface area is 227 Å². The average Bonchev–Trinajstić information content (AvgIpc) is 2.96. The minimum atomic E-state index is -0.850. The van der Waals surface area contributed by atoms with Gasteiger partial charge in [-0.15, -0.1) is 0 Å². The Morgan fingerprint density at radius 1 is 0.949 bits per heavy atom. The van der Waals surface area contributed by atoms with Crippen molar-refractivity contribution in [2.75, 3.05) is 51.0 Å². The number of carbonyl (C=O) groups excluding carboxylic acids is 2. The van der Waals surface area contributed by atoms with Gasteiger partial charge in [-0.2, -0.15) is 4.98 Å². The largest absolute Gasteiger partial charge is 0.467 e. The second-order valence-corrected chi connectivity index (χ2v) is 9.74. The van der Waals surface area contributed by atoms with E-state index in [-0.39, 0.29) is 5.95 Å². The first kappa shape index (κ1) is 26.1. The second-order valence-electron chi connectivity index (χ2n) is 9.74.